The Hall–Kier alpha value is -0.560. The minimum atomic E-state index is 0.630. The van der Waals surface area contributed by atoms with Crippen LogP contribution in [0.1, 0.15) is 13.8 Å². The fourth-order valence-corrected chi connectivity index (χ4v) is 0.350. The van der Waals surface area contributed by atoms with Crippen molar-refractivity contribution in [3.05, 3.63) is 23.8 Å². The maximum absolute atomic E-state index is 5.22. The molecule has 1 nitrogen and oxygen atoms in total. The van der Waals surface area contributed by atoms with Gasteiger partial charge in [-0.2, -0.15) is 0 Å². The first-order valence-electron chi connectivity index (χ1n) is 2.80. The molecular weight excluding hydrogens is 98.1 g/mol. The van der Waals surface area contributed by atoms with Gasteiger partial charge in [-0.25, -0.2) is 0 Å². The molecule has 0 heterocycles. The zero-order chi connectivity index (χ0) is 6.41. The van der Waals surface area contributed by atoms with E-state index in [1.54, 1.807) is 0 Å². The second-order valence-corrected chi connectivity index (χ2v) is 1.67. The van der Waals surface area contributed by atoms with Gasteiger partial charge in [0.1, 0.15) is 0 Å². The quantitative estimate of drug-likeness (QED) is 0.536. The summed E-state index contributed by atoms with van der Waals surface area (Å²) in [6.07, 6.45) is 6.00. The van der Waals surface area contributed by atoms with E-state index in [9.17, 15) is 0 Å². The normalized spacial score (nSPS) is 13.1. The molecule has 0 amide bonds. The Morgan fingerprint density at radius 2 is 2.25 bits per heavy atom. The average molecular weight is 111 g/mol. The third-order valence-electron chi connectivity index (χ3n) is 0.972. The van der Waals surface area contributed by atoms with Gasteiger partial charge in [0.15, 0.2) is 0 Å². The van der Waals surface area contributed by atoms with Gasteiger partial charge in [0.05, 0.1) is 0 Å². The first-order valence-corrected chi connectivity index (χ1v) is 2.80. The van der Waals surface area contributed by atoms with Crippen LogP contribution >= 0.6 is 0 Å². The fourth-order valence-electron chi connectivity index (χ4n) is 0.350. The lowest BCUT2D eigenvalue weighted by Crippen LogP contribution is -1.91. The smallest absolute Gasteiger partial charge is 0.0110 e. The molecule has 0 aliphatic heterocycles. The van der Waals surface area contributed by atoms with Crippen LogP contribution in [0.2, 0.25) is 0 Å². The summed E-state index contributed by atoms with van der Waals surface area (Å²) in [6.45, 7) is 4.69. The van der Waals surface area contributed by atoms with E-state index in [-0.39, 0.29) is 0 Å². The molecule has 0 saturated heterocycles. The van der Waals surface area contributed by atoms with Crippen LogP contribution in [0.5, 0.6) is 0 Å². The van der Waals surface area contributed by atoms with Crippen LogP contribution in [-0.2, 0) is 0 Å². The van der Waals surface area contributed by atoms with Crippen LogP contribution in [0.4, 0.5) is 0 Å². The molecule has 8 heavy (non-hydrogen) atoms. The van der Waals surface area contributed by atoms with E-state index in [4.69, 9.17) is 5.73 Å². The second kappa shape index (κ2) is 4.60. The number of rotatable bonds is 2. The summed E-state index contributed by atoms with van der Waals surface area (Å²) >= 11 is 0. The molecule has 0 unspecified atom stereocenters. The van der Waals surface area contributed by atoms with Crippen LogP contribution in [-0.4, -0.2) is 6.54 Å². The standard InChI is InChI=1S/C7H13N/c1-3-7(2)5-4-6-8/h3-5H,6,8H2,1-2H3. The predicted molar refractivity (Wildman–Crippen MR) is 37.6 cm³/mol. The van der Waals surface area contributed by atoms with Crippen LogP contribution in [0.15, 0.2) is 23.8 Å². The number of hydrogen-bond donors (Lipinski definition) is 1. The maximum Gasteiger partial charge on any atom is 0.0110 e. The molecule has 2 N–H and O–H groups in total. The van der Waals surface area contributed by atoms with Crippen molar-refractivity contribution in [1.82, 2.24) is 0 Å². The summed E-state index contributed by atoms with van der Waals surface area (Å²) in [5, 5.41) is 0. The number of allylic oxidation sites excluding steroid dienone is 3. The number of nitrogens with two attached hydrogens (primary N) is 1. The fraction of sp³-hybridized carbons (Fsp3) is 0.429. The monoisotopic (exact) mass is 111 g/mol. The highest BCUT2D eigenvalue weighted by Gasteiger charge is 1.72. The van der Waals surface area contributed by atoms with Gasteiger partial charge in [-0.05, 0) is 13.8 Å². The molecular formula is C7H13N. The van der Waals surface area contributed by atoms with Gasteiger partial charge in [0, 0.05) is 6.54 Å². The van der Waals surface area contributed by atoms with Gasteiger partial charge in [-0.15, -0.1) is 0 Å². The van der Waals surface area contributed by atoms with Gasteiger partial charge in [0.2, 0.25) is 0 Å². The van der Waals surface area contributed by atoms with Gasteiger partial charge < -0.3 is 5.73 Å². The third kappa shape index (κ3) is 3.62. The molecule has 0 saturated carbocycles. The molecule has 0 aromatic rings. The molecule has 0 aromatic carbocycles. The Labute approximate surface area is 50.9 Å². The molecule has 1 heteroatoms. The van der Waals surface area contributed by atoms with Gasteiger partial charge in [0.25, 0.3) is 0 Å². The van der Waals surface area contributed by atoms with E-state index in [2.05, 4.69) is 0 Å². The molecule has 0 fully saturated rings. The molecule has 0 aliphatic rings. The Morgan fingerprint density at radius 1 is 1.62 bits per heavy atom. The molecule has 0 rings (SSSR count). The Kier molecular flexibility index (Phi) is 4.27. The summed E-state index contributed by atoms with van der Waals surface area (Å²) in [6, 6.07) is 0. The zero-order valence-electron chi connectivity index (χ0n) is 5.52. The Bertz CT molecular complexity index is 101. The summed E-state index contributed by atoms with van der Waals surface area (Å²) < 4.78 is 0. The highest BCUT2D eigenvalue weighted by Crippen LogP contribution is 1.91. The maximum atomic E-state index is 5.22. The minimum Gasteiger partial charge on any atom is -0.327 e. The largest absolute Gasteiger partial charge is 0.327 e. The van der Waals surface area contributed by atoms with Crippen LogP contribution in [0.3, 0.4) is 0 Å². The van der Waals surface area contributed by atoms with Crippen LogP contribution in [0.25, 0.3) is 0 Å². The predicted octanol–water partition coefficient (Wildman–Crippen LogP) is 1.47. The van der Waals surface area contributed by atoms with Crippen LogP contribution in [0, 0.1) is 0 Å². The average Bonchev–Trinajstić information content (AvgIpc) is 1.83. The summed E-state index contributed by atoms with van der Waals surface area (Å²) in [7, 11) is 0. The topological polar surface area (TPSA) is 26.0 Å². The van der Waals surface area contributed by atoms with E-state index >= 15 is 0 Å². The summed E-state index contributed by atoms with van der Waals surface area (Å²) in [5.74, 6) is 0. The van der Waals surface area contributed by atoms with E-state index in [0.29, 0.717) is 6.54 Å². The first kappa shape index (κ1) is 7.44. The molecule has 0 aromatic heterocycles. The Balaban J connectivity index is 3.53. The van der Waals surface area contributed by atoms with Crippen molar-refractivity contribution in [3.8, 4) is 0 Å². The van der Waals surface area contributed by atoms with Gasteiger partial charge in [-0.3, -0.25) is 0 Å². The number of hydrogen-bond acceptors (Lipinski definition) is 1. The molecule has 46 valence electrons. The van der Waals surface area contributed by atoms with Crippen molar-refractivity contribution in [3.63, 3.8) is 0 Å². The SMILES string of the molecule is CC=C(C)C=CCN. The van der Waals surface area contributed by atoms with E-state index in [1.165, 1.54) is 5.57 Å². The second-order valence-electron chi connectivity index (χ2n) is 1.67. The lowest BCUT2D eigenvalue weighted by atomic mass is 10.3. The summed E-state index contributed by atoms with van der Waals surface area (Å²) in [5.41, 5.74) is 6.48. The van der Waals surface area contributed by atoms with Crippen molar-refractivity contribution in [2.24, 2.45) is 5.73 Å². The van der Waals surface area contributed by atoms with E-state index in [1.807, 2.05) is 32.1 Å². The highest BCUT2D eigenvalue weighted by atomic mass is 14.5. The lowest BCUT2D eigenvalue weighted by Gasteiger charge is -1.84. The first-order chi connectivity index (χ1) is 3.81. The highest BCUT2D eigenvalue weighted by molar-refractivity contribution is 5.14. The van der Waals surface area contributed by atoms with E-state index < -0.39 is 0 Å². The molecule has 0 spiro atoms. The van der Waals surface area contributed by atoms with Crippen molar-refractivity contribution < 1.29 is 0 Å². The molecule has 0 aliphatic carbocycles. The van der Waals surface area contributed by atoms with Crippen LogP contribution < -0.4 is 5.73 Å². The minimum absolute atomic E-state index is 0.630. The van der Waals surface area contributed by atoms with Crippen molar-refractivity contribution in [2.45, 2.75) is 13.8 Å². The van der Waals surface area contributed by atoms with Crippen molar-refractivity contribution in [2.75, 3.05) is 6.54 Å². The molecule has 0 bridgehead atoms. The van der Waals surface area contributed by atoms with Crippen molar-refractivity contribution in [1.29, 1.82) is 0 Å². The zero-order valence-corrected chi connectivity index (χ0v) is 5.52. The molecule has 0 atom stereocenters. The van der Waals surface area contributed by atoms with E-state index in [0.717, 1.165) is 0 Å². The molecule has 0 radical (unpaired) electrons. The van der Waals surface area contributed by atoms with Gasteiger partial charge in [-0.1, -0.05) is 23.8 Å². The van der Waals surface area contributed by atoms with Gasteiger partial charge >= 0.3 is 0 Å². The lowest BCUT2D eigenvalue weighted by molar-refractivity contribution is 1.25. The van der Waals surface area contributed by atoms with Crippen molar-refractivity contribution >= 4 is 0 Å². The Morgan fingerprint density at radius 3 is 2.62 bits per heavy atom. The summed E-state index contributed by atoms with van der Waals surface area (Å²) in [4.78, 5) is 0. The third-order valence-corrected chi connectivity index (χ3v) is 0.972.